The first-order valence-electron chi connectivity index (χ1n) is 7.86. The number of aromatic carboxylic acids is 1. The van der Waals surface area contributed by atoms with Crippen LogP contribution in [0.1, 0.15) is 35.7 Å². The Hall–Kier alpha value is -2.45. The number of anilines is 1. The van der Waals surface area contributed by atoms with Gasteiger partial charge in [-0.2, -0.15) is 18.3 Å². The predicted molar refractivity (Wildman–Crippen MR) is 83.3 cm³/mol. The summed E-state index contributed by atoms with van der Waals surface area (Å²) in [4.78, 5) is 11.3. The zero-order valence-corrected chi connectivity index (χ0v) is 13.5. The number of hydrogen-bond donors (Lipinski definition) is 2. The second kappa shape index (κ2) is 6.45. The summed E-state index contributed by atoms with van der Waals surface area (Å²) in [7, 11) is 1.53. The molecule has 3 rings (SSSR count). The average molecular weight is 357 g/mol. The molecule has 2 heterocycles. The van der Waals surface area contributed by atoms with Crippen LogP contribution in [0, 0.1) is 5.92 Å². The molecule has 136 valence electrons. The van der Waals surface area contributed by atoms with E-state index < -0.39 is 24.2 Å². The van der Waals surface area contributed by atoms with Crippen molar-refractivity contribution in [3.05, 3.63) is 35.7 Å². The average Bonchev–Trinajstić information content (AvgIpc) is 2.83. The fourth-order valence-electron chi connectivity index (χ4n) is 3.33. The molecule has 6 nitrogen and oxygen atoms in total. The Morgan fingerprint density at radius 3 is 2.84 bits per heavy atom. The normalized spacial score (nSPS) is 26.2. The number of allylic oxidation sites excluding steroid dienone is 3. The van der Waals surface area contributed by atoms with Crippen LogP contribution in [0.4, 0.5) is 19.0 Å². The zero-order valence-electron chi connectivity index (χ0n) is 13.5. The molecule has 0 fully saturated rings. The van der Waals surface area contributed by atoms with E-state index in [9.17, 15) is 23.1 Å². The third kappa shape index (κ3) is 3.35. The summed E-state index contributed by atoms with van der Waals surface area (Å²) in [6.45, 7) is 0. The van der Waals surface area contributed by atoms with Crippen LogP contribution >= 0.6 is 0 Å². The SMILES string of the molecule is COC1=CCC(C2CC(C(F)(F)F)n3ncc(C(=O)O)c3N2)CC=C1. The van der Waals surface area contributed by atoms with Crippen LogP contribution in [-0.4, -0.2) is 40.2 Å². The van der Waals surface area contributed by atoms with Gasteiger partial charge in [-0.15, -0.1) is 0 Å². The lowest BCUT2D eigenvalue weighted by Crippen LogP contribution is -2.42. The van der Waals surface area contributed by atoms with E-state index in [1.54, 1.807) is 6.08 Å². The Labute approximate surface area is 142 Å². The quantitative estimate of drug-likeness (QED) is 0.867. The molecular weight excluding hydrogens is 339 g/mol. The molecule has 0 saturated carbocycles. The summed E-state index contributed by atoms with van der Waals surface area (Å²) >= 11 is 0. The number of carbonyl (C=O) groups is 1. The van der Waals surface area contributed by atoms with Gasteiger partial charge in [-0.1, -0.05) is 6.08 Å². The first-order valence-corrected chi connectivity index (χ1v) is 7.86. The minimum absolute atomic E-state index is 0.0877. The standard InChI is InChI=1S/C16H18F3N3O3/c1-25-10-4-2-3-9(5-6-10)12-7-13(16(17,18)19)22-14(21-12)11(8-20-22)15(23)24/h2,4,6,8-9,12-13,21H,3,5,7H2,1H3,(H,23,24). The number of methoxy groups -OCH3 is 1. The van der Waals surface area contributed by atoms with Crippen molar-refractivity contribution in [1.29, 1.82) is 0 Å². The number of halogens is 3. The molecule has 2 aliphatic rings. The topological polar surface area (TPSA) is 76.4 Å². The lowest BCUT2D eigenvalue weighted by atomic mass is 9.87. The van der Waals surface area contributed by atoms with Crippen molar-refractivity contribution in [1.82, 2.24) is 9.78 Å². The van der Waals surface area contributed by atoms with Gasteiger partial charge >= 0.3 is 12.1 Å². The summed E-state index contributed by atoms with van der Waals surface area (Å²) in [5, 5.41) is 15.8. The maximum atomic E-state index is 13.5. The number of aromatic nitrogens is 2. The van der Waals surface area contributed by atoms with Crippen molar-refractivity contribution in [2.45, 2.75) is 37.5 Å². The molecule has 1 aliphatic heterocycles. The van der Waals surface area contributed by atoms with E-state index in [1.165, 1.54) is 7.11 Å². The molecule has 0 bridgehead atoms. The van der Waals surface area contributed by atoms with Crippen molar-refractivity contribution in [3.63, 3.8) is 0 Å². The van der Waals surface area contributed by atoms with Gasteiger partial charge < -0.3 is 15.2 Å². The fraction of sp³-hybridized carbons (Fsp3) is 0.500. The number of carboxylic acid groups (broad SMARTS) is 1. The smallest absolute Gasteiger partial charge is 0.410 e. The monoisotopic (exact) mass is 357 g/mol. The Bertz CT molecular complexity index is 724. The molecule has 3 unspecified atom stereocenters. The van der Waals surface area contributed by atoms with Crippen LogP contribution in [0.2, 0.25) is 0 Å². The number of fused-ring (bicyclic) bond motifs is 1. The summed E-state index contributed by atoms with van der Waals surface area (Å²) in [6.07, 6.45) is 2.84. The van der Waals surface area contributed by atoms with Gasteiger partial charge in [0.2, 0.25) is 0 Å². The number of nitrogens with zero attached hydrogens (tertiary/aromatic N) is 2. The third-order valence-electron chi connectivity index (χ3n) is 4.65. The van der Waals surface area contributed by atoms with Gasteiger partial charge in [0, 0.05) is 6.04 Å². The summed E-state index contributed by atoms with van der Waals surface area (Å²) in [5.74, 6) is -0.839. The largest absolute Gasteiger partial charge is 0.497 e. The van der Waals surface area contributed by atoms with Crippen molar-refractivity contribution < 1.29 is 27.8 Å². The molecule has 0 aromatic carbocycles. The minimum atomic E-state index is -4.51. The van der Waals surface area contributed by atoms with Gasteiger partial charge in [0.1, 0.15) is 17.1 Å². The van der Waals surface area contributed by atoms with E-state index in [1.807, 2.05) is 12.2 Å². The van der Waals surface area contributed by atoms with Gasteiger partial charge in [-0.3, -0.25) is 0 Å². The van der Waals surface area contributed by atoms with Gasteiger partial charge in [0.05, 0.1) is 13.3 Å². The van der Waals surface area contributed by atoms with Gasteiger partial charge in [-0.05, 0) is 37.3 Å². The minimum Gasteiger partial charge on any atom is -0.497 e. The van der Waals surface area contributed by atoms with Gasteiger partial charge in [-0.25, -0.2) is 9.48 Å². The summed E-state index contributed by atoms with van der Waals surface area (Å²) in [6, 6.07) is -2.37. The highest BCUT2D eigenvalue weighted by Gasteiger charge is 2.48. The highest BCUT2D eigenvalue weighted by Crippen LogP contribution is 2.42. The zero-order chi connectivity index (χ0) is 18.2. The Morgan fingerprint density at radius 1 is 1.44 bits per heavy atom. The molecule has 0 spiro atoms. The van der Waals surface area contributed by atoms with E-state index in [2.05, 4.69) is 10.4 Å². The lowest BCUT2D eigenvalue weighted by molar-refractivity contribution is -0.174. The molecular formula is C16H18F3N3O3. The van der Waals surface area contributed by atoms with Crippen LogP contribution in [0.15, 0.2) is 30.2 Å². The van der Waals surface area contributed by atoms with Crippen molar-refractivity contribution in [2.75, 3.05) is 12.4 Å². The van der Waals surface area contributed by atoms with Crippen LogP contribution in [0.3, 0.4) is 0 Å². The van der Waals surface area contributed by atoms with Crippen LogP contribution in [0.5, 0.6) is 0 Å². The molecule has 0 radical (unpaired) electrons. The molecule has 1 aromatic rings. The van der Waals surface area contributed by atoms with Crippen LogP contribution < -0.4 is 5.32 Å². The molecule has 25 heavy (non-hydrogen) atoms. The molecule has 1 aliphatic carbocycles. The summed E-state index contributed by atoms with van der Waals surface area (Å²) in [5.41, 5.74) is -0.253. The number of nitrogens with one attached hydrogen (secondary N) is 1. The van der Waals surface area contributed by atoms with E-state index in [4.69, 9.17) is 4.74 Å². The summed E-state index contributed by atoms with van der Waals surface area (Å²) < 4.78 is 46.4. The second-order valence-corrected chi connectivity index (χ2v) is 6.14. The van der Waals surface area contributed by atoms with Crippen LogP contribution in [-0.2, 0) is 4.74 Å². The molecule has 0 saturated heterocycles. The van der Waals surface area contributed by atoms with Gasteiger partial charge in [0.15, 0.2) is 6.04 Å². The van der Waals surface area contributed by atoms with E-state index >= 15 is 0 Å². The van der Waals surface area contributed by atoms with E-state index in [-0.39, 0.29) is 23.7 Å². The Balaban J connectivity index is 1.93. The van der Waals surface area contributed by atoms with Gasteiger partial charge in [0.25, 0.3) is 0 Å². The highest BCUT2D eigenvalue weighted by molar-refractivity contribution is 5.93. The van der Waals surface area contributed by atoms with E-state index in [0.29, 0.717) is 18.6 Å². The third-order valence-corrected chi connectivity index (χ3v) is 4.65. The lowest BCUT2D eigenvalue weighted by Gasteiger charge is -2.37. The number of carboxylic acids is 1. The molecule has 0 amide bonds. The predicted octanol–water partition coefficient (Wildman–Crippen LogP) is 3.37. The first kappa shape index (κ1) is 17.4. The molecule has 2 N–H and O–H groups in total. The van der Waals surface area contributed by atoms with Crippen molar-refractivity contribution in [3.8, 4) is 0 Å². The molecule has 1 aromatic heterocycles. The van der Waals surface area contributed by atoms with E-state index in [0.717, 1.165) is 10.9 Å². The first-order chi connectivity index (χ1) is 11.8. The fourth-order valence-corrected chi connectivity index (χ4v) is 3.33. The van der Waals surface area contributed by atoms with Crippen LogP contribution in [0.25, 0.3) is 0 Å². The van der Waals surface area contributed by atoms with Crippen molar-refractivity contribution in [2.24, 2.45) is 5.92 Å². The highest BCUT2D eigenvalue weighted by atomic mass is 19.4. The van der Waals surface area contributed by atoms with Crippen molar-refractivity contribution >= 4 is 11.8 Å². The molecule has 9 heteroatoms. The number of alkyl halides is 3. The number of rotatable bonds is 3. The Morgan fingerprint density at radius 2 is 2.20 bits per heavy atom. The maximum absolute atomic E-state index is 13.5. The number of hydrogen-bond acceptors (Lipinski definition) is 4. The second-order valence-electron chi connectivity index (χ2n) is 6.14. The number of ether oxygens (including phenoxy) is 1. The maximum Gasteiger partial charge on any atom is 0.410 e. The Kier molecular flexibility index (Phi) is 4.49. The molecule has 3 atom stereocenters.